The van der Waals surface area contributed by atoms with E-state index in [4.69, 9.17) is 21.8 Å². The van der Waals surface area contributed by atoms with Crippen molar-refractivity contribution >= 4 is 11.6 Å². The molecule has 0 amide bonds. The van der Waals surface area contributed by atoms with Gasteiger partial charge in [-0.05, 0) is 30.3 Å². The topological polar surface area (TPSA) is 39.2 Å². The third-order valence-electron chi connectivity index (χ3n) is 2.42. The molecule has 0 radical (unpaired) electrons. The Balaban J connectivity index is 2.41. The first-order chi connectivity index (χ1) is 8.41. The quantitative estimate of drug-likeness (QED) is 0.897. The van der Waals surface area contributed by atoms with Gasteiger partial charge in [-0.1, -0.05) is 11.6 Å². The van der Waals surface area contributed by atoms with Gasteiger partial charge in [0.15, 0.2) is 0 Å². The molecule has 2 nitrogen and oxygen atoms in total. The average molecular weight is 276 g/mol. The van der Waals surface area contributed by atoms with Crippen molar-refractivity contribution in [1.82, 2.24) is 0 Å². The fraction of sp³-hybridized carbons (Fsp3) is 0.167. The summed E-state index contributed by atoms with van der Waals surface area (Å²) in [5.41, 5.74) is 5.00. The van der Waals surface area contributed by atoms with Gasteiger partial charge in [0.2, 0.25) is 0 Å². The van der Waals surface area contributed by atoms with Gasteiger partial charge in [-0.25, -0.2) is 0 Å². The molecule has 18 heavy (non-hydrogen) atoms. The summed E-state index contributed by atoms with van der Waals surface area (Å²) in [5.74, 6) is 0.940. The molecule has 0 aliphatic heterocycles. The summed E-state index contributed by atoms with van der Waals surface area (Å²) in [6, 6.07) is 6.40. The fourth-order valence-electron chi connectivity index (χ4n) is 1.52. The Labute approximate surface area is 106 Å². The fourth-order valence-corrected chi connectivity index (χ4v) is 1.80. The molecule has 0 fully saturated rings. The van der Waals surface area contributed by atoms with Crippen LogP contribution in [-0.2, 0) is 12.7 Å². The van der Waals surface area contributed by atoms with Crippen LogP contribution in [0.15, 0.2) is 34.7 Å². The number of halogens is 4. The van der Waals surface area contributed by atoms with E-state index in [1.165, 1.54) is 6.07 Å². The van der Waals surface area contributed by atoms with Gasteiger partial charge >= 0.3 is 6.18 Å². The van der Waals surface area contributed by atoms with Gasteiger partial charge in [0, 0.05) is 5.56 Å². The van der Waals surface area contributed by atoms with Gasteiger partial charge in [0.1, 0.15) is 11.5 Å². The molecule has 0 unspecified atom stereocenters. The van der Waals surface area contributed by atoms with E-state index in [1.54, 1.807) is 12.1 Å². The van der Waals surface area contributed by atoms with Gasteiger partial charge in [-0.15, -0.1) is 0 Å². The second kappa shape index (κ2) is 4.66. The molecule has 0 aliphatic rings. The average Bonchev–Trinajstić information content (AvgIpc) is 2.76. The van der Waals surface area contributed by atoms with Crippen molar-refractivity contribution in [3.8, 4) is 11.3 Å². The summed E-state index contributed by atoms with van der Waals surface area (Å²) in [6.07, 6.45) is -4.41. The number of hydrogen-bond acceptors (Lipinski definition) is 2. The van der Waals surface area contributed by atoms with Crippen LogP contribution in [0, 0.1) is 0 Å². The lowest BCUT2D eigenvalue weighted by Gasteiger charge is -2.08. The summed E-state index contributed by atoms with van der Waals surface area (Å²) >= 11 is 5.83. The van der Waals surface area contributed by atoms with Crippen LogP contribution in [0.5, 0.6) is 0 Å². The van der Waals surface area contributed by atoms with Crippen LogP contribution < -0.4 is 5.73 Å². The molecule has 0 saturated heterocycles. The summed E-state index contributed by atoms with van der Waals surface area (Å²) in [6.45, 7) is 0.220. The van der Waals surface area contributed by atoms with Gasteiger partial charge in [-0.2, -0.15) is 13.2 Å². The van der Waals surface area contributed by atoms with Crippen LogP contribution in [0.3, 0.4) is 0 Å². The second-order valence-corrected chi connectivity index (χ2v) is 4.07. The van der Waals surface area contributed by atoms with E-state index >= 15 is 0 Å². The molecule has 1 heterocycles. The second-order valence-electron chi connectivity index (χ2n) is 3.66. The van der Waals surface area contributed by atoms with E-state index in [2.05, 4.69) is 0 Å². The molecule has 1 aromatic heterocycles. The van der Waals surface area contributed by atoms with Crippen molar-refractivity contribution in [3.05, 3.63) is 46.7 Å². The minimum absolute atomic E-state index is 0.0113. The number of hydrogen-bond donors (Lipinski definition) is 1. The number of alkyl halides is 3. The number of furan rings is 1. The SMILES string of the molecule is NCc1ccc(-c2ccc(C(F)(F)F)cc2Cl)o1. The summed E-state index contributed by atoms with van der Waals surface area (Å²) in [5, 5.41) is -0.0113. The van der Waals surface area contributed by atoms with Crippen molar-refractivity contribution in [1.29, 1.82) is 0 Å². The number of nitrogens with two attached hydrogens (primary N) is 1. The molecule has 0 spiro atoms. The number of rotatable bonds is 2. The monoisotopic (exact) mass is 275 g/mol. The molecule has 0 aliphatic carbocycles. The molecule has 0 saturated carbocycles. The first-order valence-electron chi connectivity index (χ1n) is 5.07. The van der Waals surface area contributed by atoms with Gasteiger partial charge in [-0.3, -0.25) is 0 Å². The minimum atomic E-state index is -4.41. The van der Waals surface area contributed by atoms with Crippen LogP contribution in [0.2, 0.25) is 5.02 Å². The smallest absolute Gasteiger partial charge is 0.416 e. The van der Waals surface area contributed by atoms with E-state index in [0.717, 1.165) is 12.1 Å². The summed E-state index contributed by atoms with van der Waals surface area (Å²) in [4.78, 5) is 0. The van der Waals surface area contributed by atoms with Gasteiger partial charge in [0.05, 0.1) is 17.1 Å². The molecule has 2 N–H and O–H groups in total. The Kier molecular flexibility index (Phi) is 3.36. The maximum absolute atomic E-state index is 12.5. The van der Waals surface area contributed by atoms with Gasteiger partial charge in [0.25, 0.3) is 0 Å². The predicted molar refractivity (Wildman–Crippen MR) is 62.0 cm³/mol. The molecule has 2 rings (SSSR count). The highest BCUT2D eigenvalue weighted by molar-refractivity contribution is 6.33. The Morgan fingerprint density at radius 3 is 2.39 bits per heavy atom. The van der Waals surface area contributed by atoms with Crippen molar-refractivity contribution < 1.29 is 17.6 Å². The standard InChI is InChI=1S/C12H9ClF3NO/c13-10-5-7(12(14,15)16)1-3-9(10)11-4-2-8(6-17)18-11/h1-5H,6,17H2. The van der Waals surface area contributed by atoms with Crippen LogP contribution in [0.4, 0.5) is 13.2 Å². The summed E-state index contributed by atoms with van der Waals surface area (Å²) < 4.78 is 42.7. The normalized spacial score (nSPS) is 11.8. The Bertz CT molecular complexity index is 563. The number of benzene rings is 1. The van der Waals surface area contributed by atoms with Crippen molar-refractivity contribution in [2.24, 2.45) is 5.73 Å². The van der Waals surface area contributed by atoms with E-state index < -0.39 is 11.7 Å². The van der Waals surface area contributed by atoms with Crippen LogP contribution in [-0.4, -0.2) is 0 Å². The molecule has 2 aromatic rings. The van der Waals surface area contributed by atoms with Crippen LogP contribution in [0.1, 0.15) is 11.3 Å². The van der Waals surface area contributed by atoms with Crippen LogP contribution >= 0.6 is 11.6 Å². The first-order valence-corrected chi connectivity index (χ1v) is 5.45. The first kappa shape index (κ1) is 13.0. The lowest BCUT2D eigenvalue weighted by molar-refractivity contribution is -0.137. The summed E-state index contributed by atoms with van der Waals surface area (Å²) in [7, 11) is 0. The Hall–Kier alpha value is -1.46. The predicted octanol–water partition coefficient (Wildman–Crippen LogP) is 4.08. The zero-order valence-electron chi connectivity index (χ0n) is 9.09. The lowest BCUT2D eigenvalue weighted by atomic mass is 10.1. The Morgan fingerprint density at radius 2 is 1.89 bits per heavy atom. The molecule has 6 heteroatoms. The highest BCUT2D eigenvalue weighted by atomic mass is 35.5. The molecule has 1 aromatic carbocycles. The zero-order chi connectivity index (χ0) is 13.3. The molecule has 96 valence electrons. The highest BCUT2D eigenvalue weighted by Gasteiger charge is 2.31. The maximum atomic E-state index is 12.5. The van der Waals surface area contributed by atoms with E-state index in [9.17, 15) is 13.2 Å². The molecule has 0 atom stereocenters. The largest absolute Gasteiger partial charge is 0.460 e. The zero-order valence-corrected chi connectivity index (χ0v) is 9.85. The third-order valence-corrected chi connectivity index (χ3v) is 2.74. The third kappa shape index (κ3) is 2.52. The molecular formula is C12H9ClF3NO. The van der Waals surface area contributed by atoms with Crippen LogP contribution in [0.25, 0.3) is 11.3 Å². The maximum Gasteiger partial charge on any atom is 0.416 e. The lowest BCUT2D eigenvalue weighted by Crippen LogP contribution is -2.04. The van der Waals surface area contributed by atoms with Gasteiger partial charge < -0.3 is 10.2 Å². The highest BCUT2D eigenvalue weighted by Crippen LogP contribution is 2.36. The van der Waals surface area contributed by atoms with Crippen molar-refractivity contribution in [2.45, 2.75) is 12.7 Å². The minimum Gasteiger partial charge on any atom is -0.460 e. The Morgan fingerprint density at radius 1 is 1.17 bits per heavy atom. The van der Waals surface area contributed by atoms with E-state index in [0.29, 0.717) is 17.1 Å². The van der Waals surface area contributed by atoms with Crippen molar-refractivity contribution in [3.63, 3.8) is 0 Å². The molecule has 0 bridgehead atoms. The van der Waals surface area contributed by atoms with E-state index in [1.807, 2.05) is 0 Å². The van der Waals surface area contributed by atoms with Crippen molar-refractivity contribution in [2.75, 3.05) is 0 Å². The van der Waals surface area contributed by atoms with E-state index in [-0.39, 0.29) is 11.6 Å². The molecular weight excluding hydrogens is 267 g/mol.